The average molecular weight is 1270 g/mol. The molecule has 0 radical (unpaired) electrons. The van der Waals surface area contributed by atoms with Crippen molar-refractivity contribution in [3.63, 3.8) is 0 Å². The van der Waals surface area contributed by atoms with Gasteiger partial charge in [-0.05, 0) is 199 Å². The number of halogens is 1. The van der Waals surface area contributed by atoms with Crippen molar-refractivity contribution in [1.82, 2.24) is 33.8 Å². The van der Waals surface area contributed by atoms with E-state index in [0.29, 0.717) is 24.5 Å². The van der Waals surface area contributed by atoms with E-state index in [-0.39, 0.29) is 31.3 Å². The topological polar surface area (TPSA) is 193 Å². The van der Waals surface area contributed by atoms with Crippen molar-refractivity contribution >= 4 is 67.9 Å². The van der Waals surface area contributed by atoms with Gasteiger partial charge in [0.1, 0.15) is 22.2 Å². The van der Waals surface area contributed by atoms with Crippen LogP contribution < -0.4 is 10.0 Å². The first-order valence-corrected chi connectivity index (χ1v) is 31.3. The lowest BCUT2D eigenvalue weighted by Gasteiger charge is -2.30. The van der Waals surface area contributed by atoms with Crippen molar-refractivity contribution in [2.24, 2.45) is 11.3 Å². The molecule has 2 aromatic heterocycles. The smallest absolute Gasteiger partial charge is 0.408 e. The quantitative estimate of drug-likeness (QED) is 0.120. The molecule has 91 heavy (non-hydrogen) atoms. The Hall–Kier alpha value is -10.4. The van der Waals surface area contributed by atoms with Gasteiger partial charge in [-0.3, -0.25) is 14.4 Å². The number of hydrogen-bond acceptors (Lipinski definition) is 11. The fourth-order valence-corrected chi connectivity index (χ4v) is 10.7. The number of ether oxygens (including phenoxy) is 1. The van der Waals surface area contributed by atoms with Crippen molar-refractivity contribution in [3.8, 4) is 176 Å². The number of carbonyl (C=O) groups is 4. The van der Waals surface area contributed by atoms with Crippen LogP contribution in [0.3, 0.4) is 0 Å². The molecule has 18 heteroatoms. The van der Waals surface area contributed by atoms with Gasteiger partial charge in [0.2, 0.25) is 17.1 Å². The number of alkyl carbamates (subject to hydrolysis) is 1. The van der Waals surface area contributed by atoms with Crippen LogP contribution in [0.4, 0.5) is 4.79 Å². The van der Waals surface area contributed by atoms with Crippen LogP contribution in [0.15, 0.2) is 66.1 Å². The maximum absolute atomic E-state index is 13.6. The summed E-state index contributed by atoms with van der Waals surface area (Å²) >= 11 is 7.99. The minimum atomic E-state index is -4.07. The van der Waals surface area contributed by atoms with Crippen molar-refractivity contribution in [3.05, 3.63) is 71.3 Å². The summed E-state index contributed by atoms with van der Waals surface area (Å²) in [5.41, 5.74) is 3.07. The molecule has 0 spiro atoms. The monoisotopic (exact) mass is 1270 g/mol. The SMILES string of the molecule is CC#CC#CC#CC#CC#CC#CC#CC#CC#CC#CC#CC#CC#CC.CC(C)n1c(Cl)nc2c(-c3nc(-c4ccccc4)cs3)cccc21.CN(C)S(=O)(=O)NC(=O)[C@]12CC(=O)[C@@H]3C[C@@H](O)CN3C(=O)[C@@H](NC(=O)OC(C)(C)C)CCCCC/C=C\[C@@H]1C2. The van der Waals surface area contributed by atoms with Crippen molar-refractivity contribution < 1.29 is 37.4 Å². The van der Waals surface area contributed by atoms with Crippen LogP contribution >= 0.6 is 22.9 Å². The zero-order chi connectivity index (χ0) is 66.2. The van der Waals surface area contributed by atoms with Gasteiger partial charge in [-0.25, -0.2) is 19.5 Å². The van der Waals surface area contributed by atoms with E-state index in [4.69, 9.17) is 21.3 Å². The molecule has 7 rings (SSSR count). The Balaban J connectivity index is 0.000000257. The Morgan fingerprint density at radius 1 is 0.769 bits per heavy atom. The number of nitrogens with zero attached hydrogens (tertiary/aromatic N) is 5. The van der Waals surface area contributed by atoms with E-state index in [1.165, 1.54) is 19.0 Å². The van der Waals surface area contributed by atoms with Crippen LogP contribution in [0.5, 0.6) is 0 Å². The summed E-state index contributed by atoms with van der Waals surface area (Å²) in [7, 11) is -1.47. The number of ketones is 1. The van der Waals surface area contributed by atoms with Crippen molar-refractivity contribution in [2.45, 2.75) is 130 Å². The van der Waals surface area contributed by atoms with Crippen molar-refractivity contribution in [1.29, 1.82) is 0 Å². The number of aliphatic hydroxyl groups excluding tert-OH is 1. The number of carbonyl (C=O) groups excluding carboxylic acids is 4. The number of rotatable bonds is 7. The van der Waals surface area contributed by atoms with Crippen LogP contribution in [0.1, 0.15) is 106 Å². The molecule has 2 aliphatic heterocycles. The molecule has 458 valence electrons. The normalized spacial score (nSPS) is 17.7. The standard InChI is InChI=1S/C28H6.C26H42N4O8S.C19H16ClN3S/c1-3-5-7-9-11-13-15-17-19-21-23-25-27-28-26-24-22-20-18-16-14-12-10-8-6-4-2;1-25(2,3)38-24(35)27-19-12-10-8-6-7-9-11-17-14-26(17,23(34)28-39(36,37)29(4)5)15-21(32)20-13-18(31)16-30(20)22(19)33;1-12(2)23-16-10-6-9-14(17(16)22-19(23)20)18-21-15(11-24-18)13-7-4-3-5-8-13/h1-2H3;9,11,17-20,31H,6-8,10,12-16H2,1-5H3,(H,27,35)(H,28,34);3-12H,1-2H3/b;11-9-;/t;17-,18-,19+,20+,26-;/m.1./s1. The summed E-state index contributed by atoms with van der Waals surface area (Å²) in [6, 6.07) is 14.7. The summed E-state index contributed by atoms with van der Waals surface area (Å²) in [4.78, 5) is 63.7. The molecule has 0 unspecified atom stereocenters. The number of hydrogen-bond donors (Lipinski definition) is 3. The number of Topliss-reactive ketones (excluding diaryl/α,β-unsaturated/α-hetero) is 1. The number of aliphatic hydroxyl groups is 1. The van der Waals surface area contributed by atoms with Crippen molar-refractivity contribution in [2.75, 3.05) is 20.6 Å². The lowest BCUT2D eigenvalue weighted by atomic mass is 9.91. The highest BCUT2D eigenvalue weighted by molar-refractivity contribution is 7.87. The summed E-state index contributed by atoms with van der Waals surface area (Å²) < 4.78 is 35.1. The third-order valence-corrected chi connectivity index (χ3v) is 15.7. The highest BCUT2D eigenvalue weighted by Crippen LogP contribution is 2.57. The van der Waals surface area contributed by atoms with E-state index in [2.05, 4.69) is 212 Å². The van der Waals surface area contributed by atoms with Gasteiger partial charge >= 0.3 is 16.3 Å². The summed E-state index contributed by atoms with van der Waals surface area (Å²) in [6.07, 6.45) is 5.44. The van der Waals surface area contributed by atoms with E-state index in [0.717, 1.165) is 56.4 Å². The number of aromatic nitrogens is 3. The van der Waals surface area contributed by atoms with Gasteiger partial charge in [0.05, 0.1) is 28.8 Å². The molecule has 0 bridgehead atoms. The Morgan fingerprint density at radius 3 is 1.81 bits per heavy atom. The lowest BCUT2D eigenvalue weighted by Crippen LogP contribution is -2.53. The van der Waals surface area contributed by atoms with Crippen LogP contribution in [0.2, 0.25) is 5.28 Å². The first kappa shape index (κ1) is 71.4. The lowest BCUT2D eigenvalue weighted by molar-refractivity contribution is -0.140. The largest absolute Gasteiger partial charge is 0.444 e. The minimum absolute atomic E-state index is 0.00205. The molecule has 1 saturated heterocycles. The molecule has 4 aromatic rings. The van der Waals surface area contributed by atoms with Gasteiger partial charge in [-0.15, -0.1) is 11.3 Å². The highest BCUT2D eigenvalue weighted by Gasteiger charge is 2.61. The average Bonchev–Trinajstić information content (AvgIpc) is 1.60. The van der Waals surface area contributed by atoms with Crippen LogP contribution in [-0.4, -0.2) is 105 Å². The molecule has 3 N–H and O–H groups in total. The highest BCUT2D eigenvalue weighted by atomic mass is 35.5. The number of nitrogens with one attached hydrogen (secondary N) is 2. The van der Waals surface area contributed by atoms with Gasteiger partial charge < -0.3 is 24.6 Å². The number of imidazole rings is 1. The fraction of sp³-hybridized carbons (Fsp3) is 0.342. The fourth-order valence-electron chi connectivity index (χ4n) is 8.89. The van der Waals surface area contributed by atoms with Crippen LogP contribution in [0.25, 0.3) is 32.9 Å². The van der Waals surface area contributed by atoms with E-state index in [9.17, 15) is 32.7 Å². The second-order valence-electron chi connectivity index (χ2n) is 21.4. The Morgan fingerprint density at radius 2 is 1.31 bits per heavy atom. The Labute approximate surface area is 544 Å². The van der Waals surface area contributed by atoms with Crippen LogP contribution in [0, 0.1) is 165 Å². The number of allylic oxidation sites excluding steroid dienone is 2. The van der Waals surface area contributed by atoms with Gasteiger partial charge in [-0.1, -0.05) is 73.2 Å². The molecule has 1 saturated carbocycles. The molecule has 3 aliphatic rings. The zero-order valence-electron chi connectivity index (χ0n) is 51.8. The van der Waals surface area contributed by atoms with Gasteiger partial charge in [0, 0.05) is 103 Å². The van der Waals surface area contributed by atoms with E-state index in [1.54, 1.807) is 46.0 Å². The predicted molar refractivity (Wildman–Crippen MR) is 357 cm³/mol. The summed E-state index contributed by atoms with van der Waals surface area (Å²) in [5, 5.41) is 16.6. The molecular formula is C73H64ClN7O8S2. The third-order valence-electron chi connectivity index (χ3n) is 13.1. The maximum atomic E-state index is 13.6. The van der Waals surface area contributed by atoms with E-state index in [1.807, 2.05) is 41.0 Å². The summed E-state index contributed by atoms with van der Waals surface area (Å²) in [6.45, 7) is 12.7. The first-order valence-electron chi connectivity index (χ1n) is 28.6. The number of thiazole rings is 1. The second kappa shape index (κ2) is 36.2. The zero-order valence-corrected chi connectivity index (χ0v) is 54.2. The van der Waals surface area contributed by atoms with E-state index < -0.39 is 63.1 Å². The molecule has 5 atom stereocenters. The van der Waals surface area contributed by atoms with Gasteiger partial charge in [0.25, 0.3) is 0 Å². The Kier molecular flexibility index (Phi) is 28.4. The first-order chi connectivity index (χ1) is 43.6. The third kappa shape index (κ3) is 23.2. The molecular weight excluding hydrogens is 1200 g/mol. The Bertz CT molecular complexity index is 4320. The summed E-state index contributed by atoms with van der Waals surface area (Å²) in [5.74, 6) is 63.6. The predicted octanol–water partition coefficient (Wildman–Crippen LogP) is 8.38. The molecule has 15 nitrogen and oxygen atoms in total. The number of benzene rings is 2. The minimum Gasteiger partial charge on any atom is -0.444 e. The maximum Gasteiger partial charge on any atom is 0.408 e. The molecule has 2 aromatic carbocycles. The molecule has 4 heterocycles. The number of fused-ring (bicyclic) bond motifs is 3. The molecule has 2 fully saturated rings. The number of para-hydroxylation sites is 1. The van der Waals surface area contributed by atoms with Gasteiger partial charge in [-0.2, -0.15) is 12.7 Å². The van der Waals surface area contributed by atoms with Crippen LogP contribution in [-0.2, 0) is 29.3 Å². The second-order valence-corrected chi connectivity index (χ2v) is 24.5. The van der Waals surface area contributed by atoms with E-state index >= 15 is 0 Å². The number of amides is 3. The molecule has 3 amide bonds. The van der Waals surface area contributed by atoms with Gasteiger partial charge in [0.15, 0.2) is 5.78 Å². The molecule has 1 aliphatic carbocycles.